The van der Waals surface area contributed by atoms with E-state index in [-0.39, 0.29) is 5.56 Å². The van der Waals surface area contributed by atoms with Gasteiger partial charge in [-0.05, 0) is 19.9 Å². The smallest absolute Gasteiger partial charge is 0.267 e. The molecule has 0 spiro atoms. The van der Waals surface area contributed by atoms with Gasteiger partial charge >= 0.3 is 0 Å². The summed E-state index contributed by atoms with van der Waals surface area (Å²) >= 11 is 0. The number of hydrogen-bond donors (Lipinski definition) is 2. The molecule has 0 fully saturated rings. The third kappa shape index (κ3) is 3.26. The molecule has 1 atom stereocenters. The van der Waals surface area contributed by atoms with Gasteiger partial charge < -0.3 is 5.32 Å². The molecule has 1 unspecified atom stereocenters. The maximum atomic E-state index is 12.5. The largest absolute Gasteiger partial charge is 0.355 e. The minimum atomic E-state index is -1.53. The summed E-state index contributed by atoms with van der Waals surface area (Å²) in [5, 5.41) is 3.98. The molecule has 0 saturated heterocycles. The van der Waals surface area contributed by atoms with Gasteiger partial charge in [-0.25, -0.2) is 4.99 Å². The van der Waals surface area contributed by atoms with Crippen molar-refractivity contribution in [3.63, 3.8) is 0 Å². The molecule has 2 heterocycles. The van der Waals surface area contributed by atoms with E-state index in [1.807, 2.05) is 19.9 Å². The van der Waals surface area contributed by atoms with Crippen LogP contribution in [-0.4, -0.2) is 18.9 Å². The molecule has 0 aliphatic carbocycles. The van der Waals surface area contributed by atoms with E-state index in [4.69, 9.17) is 5.73 Å². The topological polar surface area (TPSA) is 72.4 Å². The standard InChI is InChI=1S/C15H22N4OSi/c1-6-19-13-12(10(2)17-15(16)18-13)9-11(14(19)20)7-8-21(3,4)5/h9,15,17H,6,16H2,1-5H3. The Balaban J connectivity index is 2.82. The number of nitrogens with two attached hydrogens (primary N) is 1. The molecule has 0 radical (unpaired) electrons. The highest BCUT2D eigenvalue weighted by atomic mass is 28.3. The second-order valence-corrected chi connectivity index (χ2v) is 10.9. The van der Waals surface area contributed by atoms with E-state index in [1.54, 1.807) is 4.57 Å². The zero-order valence-corrected chi connectivity index (χ0v) is 14.2. The molecule has 0 aromatic carbocycles. The van der Waals surface area contributed by atoms with Gasteiger partial charge in [0, 0.05) is 17.5 Å². The Bertz CT molecular complexity index is 806. The maximum Gasteiger partial charge on any atom is 0.267 e. The molecule has 1 aromatic heterocycles. The van der Waals surface area contributed by atoms with Gasteiger partial charge in [-0.2, -0.15) is 0 Å². The fourth-order valence-electron chi connectivity index (χ4n) is 2.17. The lowest BCUT2D eigenvalue weighted by Crippen LogP contribution is -2.53. The summed E-state index contributed by atoms with van der Waals surface area (Å²) in [5.41, 5.74) is 11.1. The van der Waals surface area contributed by atoms with Gasteiger partial charge in [0.15, 0.2) is 6.29 Å². The molecule has 5 nitrogen and oxygen atoms in total. The van der Waals surface area contributed by atoms with Crippen molar-refractivity contribution < 1.29 is 0 Å². The lowest BCUT2D eigenvalue weighted by atomic mass is 10.2. The first-order valence-corrected chi connectivity index (χ1v) is 10.6. The fourth-order valence-corrected chi connectivity index (χ4v) is 2.68. The summed E-state index contributed by atoms with van der Waals surface area (Å²) in [6.07, 6.45) is -0.506. The first-order chi connectivity index (χ1) is 9.73. The van der Waals surface area contributed by atoms with E-state index in [0.29, 0.717) is 17.6 Å². The highest BCUT2D eigenvalue weighted by Gasteiger charge is 2.13. The SMILES string of the molecule is CCn1c(=O)c(C#C[Si](C)(C)C)cc2c1=NC(N)NC=2C. The third-order valence-corrected chi connectivity index (χ3v) is 4.05. The minimum absolute atomic E-state index is 0.0901. The van der Waals surface area contributed by atoms with E-state index < -0.39 is 14.4 Å². The highest BCUT2D eigenvalue weighted by molar-refractivity contribution is 6.83. The number of aromatic nitrogens is 1. The van der Waals surface area contributed by atoms with E-state index in [9.17, 15) is 4.79 Å². The molecule has 1 aromatic rings. The van der Waals surface area contributed by atoms with Crippen molar-refractivity contribution in [2.24, 2.45) is 10.7 Å². The molecule has 1 aliphatic heterocycles. The van der Waals surface area contributed by atoms with Crippen LogP contribution in [0.2, 0.25) is 19.6 Å². The maximum absolute atomic E-state index is 12.5. The summed E-state index contributed by atoms with van der Waals surface area (Å²) in [6, 6.07) is 1.83. The summed E-state index contributed by atoms with van der Waals surface area (Å²) in [6.45, 7) is 10.9. The normalized spacial score (nSPS) is 17.2. The third-order valence-electron chi connectivity index (χ3n) is 3.18. The Morgan fingerprint density at radius 3 is 2.71 bits per heavy atom. The average Bonchev–Trinajstić information content (AvgIpc) is 2.35. The van der Waals surface area contributed by atoms with E-state index in [1.165, 1.54) is 0 Å². The molecule has 6 heteroatoms. The van der Waals surface area contributed by atoms with Crippen LogP contribution >= 0.6 is 0 Å². The number of fused-ring (bicyclic) bond motifs is 1. The Morgan fingerprint density at radius 1 is 1.48 bits per heavy atom. The van der Waals surface area contributed by atoms with Crippen molar-refractivity contribution in [1.82, 2.24) is 9.88 Å². The van der Waals surface area contributed by atoms with Gasteiger partial charge in [-0.3, -0.25) is 15.1 Å². The van der Waals surface area contributed by atoms with E-state index in [0.717, 1.165) is 10.9 Å². The van der Waals surface area contributed by atoms with Crippen molar-refractivity contribution in [3.05, 3.63) is 32.7 Å². The predicted octanol–water partition coefficient (Wildman–Crippen LogP) is -0.310. The van der Waals surface area contributed by atoms with Gasteiger partial charge in [-0.1, -0.05) is 25.6 Å². The molecule has 112 valence electrons. The number of nitrogens with one attached hydrogen (secondary N) is 1. The van der Waals surface area contributed by atoms with Gasteiger partial charge in [0.2, 0.25) is 0 Å². The monoisotopic (exact) mass is 302 g/mol. The van der Waals surface area contributed by atoms with Gasteiger partial charge in [0.25, 0.3) is 5.56 Å². The zero-order valence-electron chi connectivity index (χ0n) is 13.2. The Morgan fingerprint density at radius 2 is 2.14 bits per heavy atom. The second-order valence-electron chi connectivity index (χ2n) is 6.19. The minimum Gasteiger partial charge on any atom is -0.355 e. The quantitative estimate of drug-likeness (QED) is 0.552. The predicted molar refractivity (Wildman–Crippen MR) is 87.6 cm³/mol. The number of nitrogens with zero attached hydrogens (tertiary/aromatic N) is 2. The van der Waals surface area contributed by atoms with Crippen LogP contribution in [0.4, 0.5) is 0 Å². The number of rotatable bonds is 1. The molecule has 0 amide bonds. The molecular weight excluding hydrogens is 280 g/mol. The fraction of sp³-hybridized carbons (Fsp3) is 0.467. The molecule has 0 bridgehead atoms. The molecule has 0 saturated carbocycles. The Labute approximate surface area is 125 Å². The molecule has 21 heavy (non-hydrogen) atoms. The summed E-state index contributed by atoms with van der Waals surface area (Å²) in [7, 11) is -1.53. The zero-order chi connectivity index (χ0) is 15.8. The van der Waals surface area contributed by atoms with Crippen LogP contribution in [0.3, 0.4) is 0 Å². The Kier molecular flexibility index (Phi) is 4.08. The van der Waals surface area contributed by atoms with Gasteiger partial charge in [0.05, 0.1) is 5.56 Å². The lowest BCUT2D eigenvalue weighted by molar-refractivity contribution is 0.572. The molecule has 1 aliphatic rings. The van der Waals surface area contributed by atoms with Crippen LogP contribution in [0.1, 0.15) is 19.4 Å². The number of hydrogen-bond acceptors (Lipinski definition) is 4. The molecular formula is C15H22N4OSi. The first-order valence-electron chi connectivity index (χ1n) is 7.11. The Hall–Kier alpha value is -1.84. The molecule has 2 rings (SSSR count). The second kappa shape index (κ2) is 5.51. The van der Waals surface area contributed by atoms with Crippen molar-refractivity contribution in [1.29, 1.82) is 0 Å². The van der Waals surface area contributed by atoms with Crippen molar-refractivity contribution in [3.8, 4) is 11.5 Å². The van der Waals surface area contributed by atoms with Crippen molar-refractivity contribution >= 4 is 13.8 Å². The molecule has 3 N–H and O–H groups in total. The summed E-state index contributed by atoms with van der Waals surface area (Å²) < 4.78 is 1.65. The summed E-state index contributed by atoms with van der Waals surface area (Å²) in [4.78, 5) is 16.9. The van der Waals surface area contributed by atoms with Crippen LogP contribution in [0, 0.1) is 11.5 Å². The van der Waals surface area contributed by atoms with Crippen LogP contribution in [-0.2, 0) is 6.54 Å². The highest BCUT2D eigenvalue weighted by Crippen LogP contribution is 1.98. The van der Waals surface area contributed by atoms with E-state index in [2.05, 4.69) is 41.4 Å². The van der Waals surface area contributed by atoms with Crippen LogP contribution in [0.5, 0.6) is 0 Å². The number of pyridine rings is 1. The van der Waals surface area contributed by atoms with Gasteiger partial charge in [-0.15, -0.1) is 5.54 Å². The van der Waals surface area contributed by atoms with Gasteiger partial charge in [0.1, 0.15) is 13.6 Å². The van der Waals surface area contributed by atoms with Crippen LogP contribution < -0.4 is 27.3 Å². The summed E-state index contributed by atoms with van der Waals surface area (Å²) in [5.74, 6) is 3.07. The van der Waals surface area contributed by atoms with Crippen LogP contribution in [0.15, 0.2) is 15.9 Å². The first kappa shape index (κ1) is 15.5. The van der Waals surface area contributed by atoms with Crippen molar-refractivity contribution in [2.75, 3.05) is 0 Å². The van der Waals surface area contributed by atoms with Crippen LogP contribution in [0.25, 0.3) is 5.70 Å². The average molecular weight is 302 g/mol. The van der Waals surface area contributed by atoms with E-state index >= 15 is 0 Å². The lowest BCUT2D eigenvalue weighted by Gasteiger charge is -2.18. The van der Waals surface area contributed by atoms with Crippen molar-refractivity contribution in [2.45, 2.75) is 46.3 Å².